The molecule has 1 aromatic carbocycles. The van der Waals surface area contributed by atoms with E-state index in [4.69, 9.17) is 0 Å². The number of piperidine rings is 2. The first-order chi connectivity index (χ1) is 19.2. The molecule has 1 aromatic rings. The molecule has 1 aliphatic carbocycles. The molecule has 4 aliphatic rings. The molecule has 1 saturated carbocycles. The molecule has 5 nitrogen and oxygen atoms in total. The third-order valence-corrected chi connectivity index (χ3v) is 10.6. The van der Waals surface area contributed by atoms with Crippen LogP contribution in [0, 0.1) is 28.9 Å². The maximum absolute atomic E-state index is 15.2. The number of nitrogens with one attached hydrogen (secondary N) is 1. The van der Waals surface area contributed by atoms with Crippen LogP contribution in [0.3, 0.4) is 0 Å². The summed E-state index contributed by atoms with van der Waals surface area (Å²) < 4.78 is 29.1. The van der Waals surface area contributed by atoms with Gasteiger partial charge in [-0.1, -0.05) is 25.3 Å². The molecule has 41 heavy (non-hydrogen) atoms. The van der Waals surface area contributed by atoms with Crippen molar-refractivity contribution in [3.05, 3.63) is 35.4 Å². The van der Waals surface area contributed by atoms with E-state index in [0.717, 1.165) is 51.1 Å². The number of rotatable bonds is 4. The molecule has 5 rings (SSSR count). The fourth-order valence-electron chi connectivity index (χ4n) is 8.64. The summed E-state index contributed by atoms with van der Waals surface area (Å²) in [6.07, 6.45) is 9.68. The van der Waals surface area contributed by atoms with E-state index in [1.165, 1.54) is 31.4 Å². The Balaban J connectivity index is 1.44. The van der Waals surface area contributed by atoms with Crippen LogP contribution in [0.1, 0.15) is 117 Å². The van der Waals surface area contributed by atoms with Gasteiger partial charge in [0.1, 0.15) is 11.6 Å². The average Bonchev–Trinajstić information content (AvgIpc) is 3.16. The van der Waals surface area contributed by atoms with E-state index in [0.29, 0.717) is 24.4 Å². The van der Waals surface area contributed by atoms with Gasteiger partial charge in [0.05, 0.1) is 5.41 Å². The number of hydrogen-bond acceptors (Lipinski definition) is 3. The number of carbonyl (C=O) groups is 2. The Hall–Kier alpha value is -2.02. The molecule has 2 bridgehead atoms. The monoisotopic (exact) mass is 571 g/mol. The molecule has 0 aromatic heterocycles. The first kappa shape index (κ1) is 30.4. The normalized spacial score (nSPS) is 31.8. The lowest BCUT2D eigenvalue weighted by Crippen LogP contribution is -2.61. The van der Waals surface area contributed by atoms with Gasteiger partial charge in [-0.15, -0.1) is 0 Å². The summed E-state index contributed by atoms with van der Waals surface area (Å²) in [5, 5.41) is 3.34. The third kappa shape index (κ3) is 6.07. The number of carbonyl (C=O) groups excluding carboxylic acids is 2. The highest BCUT2D eigenvalue weighted by molar-refractivity contribution is 5.86. The number of fused-ring (bicyclic) bond motifs is 2. The van der Waals surface area contributed by atoms with Gasteiger partial charge in [0.2, 0.25) is 11.8 Å². The lowest BCUT2D eigenvalue weighted by atomic mass is 9.61. The smallest absolute Gasteiger partial charge is 0.227 e. The van der Waals surface area contributed by atoms with Gasteiger partial charge in [0, 0.05) is 47.6 Å². The molecular weight excluding hydrogens is 520 g/mol. The van der Waals surface area contributed by atoms with Gasteiger partial charge in [-0.05, 0) is 111 Å². The summed E-state index contributed by atoms with van der Waals surface area (Å²) in [5.41, 5.74) is -0.427. The van der Waals surface area contributed by atoms with Crippen LogP contribution in [0.2, 0.25) is 0 Å². The van der Waals surface area contributed by atoms with Gasteiger partial charge in [-0.3, -0.25) is 14.5 Å². The molecule has 0 spiro atoms. The zero-order chi connectivity index (χ0) is 29.7. The molecule has 7 heteroatoms. The van der Waals surface area contributed by atoms with Crippen LogP contribution >= 0.6 is 0 Å². The van der Waals surface area contributed by atoms with Gasteiger partial charge >= 0.3 is 0 Å². The number of halogens is 2. The molecule has 0 radical (unpaired) electrons. The second kappa shape index (κ2) is 11.2. The molecule has 4 atom stereocenters. The van der Waals surface area contributed by atoms with Crippen molar-refractivity contribution >= 4 is 11.8 Å². The summed E-state index contributed by atoms with van der Waals surface area (Å²) in [5.74, 6) is -1.24. The number of benzene rings is 1. The molecule has 3 saturated heterocycles. The fraction of sp³-hybridized carbons (Fsp3) is 0.765. The van der Waals surface area contributed by atoms with Crippen LogP contribution < -0.4 is 5.32 Å². The zero-order valence-corrected chi connectivity index (χ0v) is 26.1. The summed E-state index contributed by atoms with van der Waals surface area (Å²) in [6.45, 7) is 13.9. The van der Waals surface area contributed by atoms with E-state index in [2.05, 4.69) is 35.9 Å². The average molecular weight is 572 g/mol. The Morgan fingerprint density at radius 2 is 1.54 bits per heavy atom. The van der Waals surface area contributed by atoms with Crippen molar-refractivity contribution in [3.63, 3.8) is 0 Å². The van der Waals surface area contributed by atoms with Gasteiger partial charge in [-0.25, -0.2) is 8.78 Å². The van der Waals surface area contributed by atoms with Crippen molar-refractivity contribution in [2.24, 2.45) is 17.3 Å². The van der Waals surface area contributed by atoms with E-state index in [1.54, 1.807) is 0 Å². The summed E-state index contributed by atoms with van der Waals surface area (Å²) in [6, 6.07) is 3.87. The van der Waals surface area contributed by atoms with Gasteiger partial charge < -0.3 is 10.2 Å². The van der Waals surface area contributed by atoms with Gasteiger partial charge in [0.25, 0.3) is 0 Å². The molecule has 4 fully saturated rings. The predicted octanol–water partition coefficient (Wildman–Crippen LogP) is 6.80. The second-order valence-electron chi connectivity index (χ2n) is 15.5. The van der Waals surface area contributed by atoms with Crippen molar-refractivity contribution < 1.29 is 18.4 Å². The van der Waals surface area contributed by atoms with E-state index in [9.17, 15) is 14.0 Å². The number of nitrogens with zero attached hydrogens (tertiary/aromatic N) is 2. The second-order valence-corrected chi connectivity index (χ2v) is 15.5. The van der Waals surface area contributed by atoms with Crippen molar-refractivity contribution in [3.8, 4) is 0 Å². The number of amides is 2. The molecule has 1 N–H and O–H groups in total. The first-order valence-corrected chi connectivity index (χ1v) is 16.0. The summed E-state index contributed by atoms with van der Waals surface area (Å²) in [4.78, 5) is 33.0. The highest BCUT2D eigenvalue weighted by Gasteiger charge is 2.58. The van der Waals surface area contributed by atoms with E-state index in [1.807, 2.05) is 20.8 Å². The van der Waals surface area contributed by atoms with Crippen LogP contribution in [-0.2, 0) is 9.59 Å². The Morgan fingerprint density at radius 1 is 0.902 bits per heavy atom. The minimum atomic E-state index is -0.598. The van der Waals surface area contributed by atoms with Crippen molar-refractivity contribution in [1.29, 1.82) is 0 Å². The fourth-order valence-corrected chi connectivity index (χ4v) is 8.64. The zero-order valence-electron chi connectivity index (χ0n) is 26.1. The third-order valence-electron chi connectivity index (χ3n) is 10.6. The van der Waals surface area contributed by atoms with Crippen molar-refractivity contribution in [2.45, 2.75) is 135 Å². The van der Waals surface area contributed by atoms with Crippen LogP contribution in [0.5, 0.6) is 0 Å². The van der Waals surface area contributed by atoms with Crippen molar-refractivity contribution in [1.82, 2.24) is 15.1 Å². The van der Waals surface area contributed by atoms with E-state index in [-0.39, 0.29) is 46.8 Å². The SMILES string of the molecule is CC(C)(C)NC(=O)C1(C2CCCCC2)CC2CCC(C1)N2C(=O)C1CCN(C(C)(C)C)C[C@H]1c1ccc(F)cc1F. The van der Waals surface area contributed by atoms with E-state index >= 15 is 4.39 Å². The first-order valence-electron chi connectivity index (χ1n) is 16.0. The molecule has 3 unspecified atom stereocenters. The van der Waals surface area contributed by atoms with Crippen LogP contribution in [0.15, 0.2) is 18.2 Å². The van der Waals surface area contributed by atoms with Crippen LogP contribution in [0.25, 0.3) is 0 Å². The molecule has 228 valence electrons. The number of hydrogen-bond donors (Lipinski definition) is 1. The summed E-state index contributed by atoms with van der Waals surface area (Å²) >= 11 is 0. The molecule has 3 heterocycles. The van der Waals surface area contributed by atoms with Crippen molar-refractivity contribution in [2.75, 3.05) is 13.1 Å². The standard InChI is InChI=1S/C34H51F2N3O2/c1-32(2,3)37-31(41)34(22-10-8-7-9-11-22)19-24-13-14-25(20-34)39(24)30(40)27-16-17-38(33(4,5)6)21-28(27)26-15-12-23(35)18-29(26)36/h12,15,18,22,24-25,27-28H,7-11,13-14,16-17,19-21H2,1-6H3,(H,37,41)/t24?,25?,27?,28-,34?/m0/s1. The topological polar surface area (TPSA) is 52.7 Å². The Kier molecular flexibility index (Phi) is 8.34. The number of likely N-dealkylation sites (tertiary alicyclic amines) is 1. The highest BCUT2D eigenvalue weighted by atomic mass is 19.1. The van der Waals surface area contributed by atoms with Gasteiger partial charge in [0.15, 0.2) is 0 Å². The summed E-state index contributed by atoms with van der Waals surface area (Å²) in [7, 11) is 0. The van der Waals surface area contributed by atoms with Gasteiger partial charge in [-0.2, -0.15) is 0 Å². The lowest BCUT2D eigenvalue weighted by Gasteiger charge is -2.52. The van der Waals surface area contributed by atoms with E-state index < -0.39 is 17.0 Å². The Labute approximate surface area is 245 Å². The van der Waals surface area contributed by atoms with Crippen LogP contribution in [-0.4, -0.2) is 57.9 Å². The lowest BCUT2D eigenvalue weighted by molar-refractivity contribution is -0.155. The quantitative estimate of drug-likeness (QED) is 0.432. The minimum absolute atomic E-state index is 0.0354. The Bertz CT molecular complexity index is 1120. The Morgan fingerprint density at radius 3 is 2.10 bits per heavy atom. The molecule has 3 aliphatic heterocycles. The largest absolute Gasteiger partial charge is 0.351 e. The van der Waals surface area contributed by atoms with Crippen LogP contribution in [0.4, 0.5) is 8.78 Å². The molecular formula is C34H51F2N3O2. The minimum Gasteiger partial charge on any atom is -0.351 e. The predicted molar refractivity (Wildman–Crippen MR) is 158 cm³/mol. The maximum atomic E-state index is 15.2. The maximum Gasteiger partial charge on any atom is 0.227 e. The highest BCUT2D eigenvalue weighted by Crippen LogP contribution is 2.54. The molecule has 2 amide bonds.